The first-order valence-electron chi connectivity index (χ1n) is 4.32. The average Bonchev–Trinajstić information content (AvgIpc) is 2.15. The fourth-order valence-corrected chi connectivity index (χ4v) is 0.999. The molecule has 1 aromatic rings. The van der Waals surface area contributed by atoms with E-state index in [9.17, 15) is 0 Å². The fraction of sp³-hybridized carbons (Fsp3) is 0.167. The van der Waals surface area contributed by atoms with Gasteiger partial charge >= 0.3 is 0 Å². The molecule has 0 saturated heterocycles. The lowest BCUT2D eigenvalue weighted by atomic mass is 10.2. The molecule has 13 heavy (non-hydrogen) atoms. The summed E-state index contributed by atoms with van der Waals surface area (Å²) in [7, 11) is 0. The number of nitrogens with one attached hydrogen (secondary N) is 1. The Morgan fingerprint density at radius 1 is 1.23 bits per heavy atom. The summed E-state index contributed by atoms with van der Waals surface area (Å²) in [6, 6.07) is 10.1. The standard InChI is InChI=1S/C12H15N/c1-10(2)9-13-11(3)12-7-5-4-6-8-12/h4-8,13H,1,3,9H2,2H3. The SMILES string of the molecule is C=C(C)CNC(=C)c1ccccc1. The average molecular weight is 173 g/mol. The summed E-state index contributed by atoms with van der Waals surface area (Å²) in [4.78, 5) is 0. The molecule has 0 radical (unpaired) electrons. The van der Waals surface area contributed by atoms with Gasteiger partial charge in [-0.1, -0.05) is 49.1 Å². The molecule has 1 rings (SSSR count). The van der Waals surface area contributed by atoms with Crippen molar-refractivity contribution in [1.82, 2.24) is 5.32 Å². The molecule has 0 aliphatic carbocycles. The van der Waals surface area contributed by atoms with E-state index < -0.39 is 0 Å². The van der Waals surface area contributed by atoms with Crippen molar-refractivity contribution in [3.8, 4) is 0 Å². The zero-order valence-electron chi connectivity index (χ0n) is 8.01. The molecule has 0 saturated carbocycles. The molecule has 0 aliphatic rings. The van der Waals surface area contributed by atoms with Crippen LogP contribution in [-0.2, 0) is 0 Å². The highest BCUT2D eigenvalue weighted by Crippen LogP contribution is 2.07. The Kier molecular flexibility index (Phi) is 3.32. The van der Waals surface area contributed by atoms with Gasteiger partial charge in [-0.25, -0.2) is 0 Å². The molecule has 1 heteroatoms. The second-order valence-electron chi connectivity index (χ2n) is 3.16. The number of rotatable bonds is 4. The smallest absolute Gasteiger partial charge is 0.0354 e. The van der Waals surface area contributed by atoms with Crippen LogP contribution in [0.3, 0.4) is 0 Å². The van der Waals surface area contributed by atoms with Gasteiger partial charge in [-0.15, -0.1) is 0 Å². The van der Waals surface area contributed by atoms with E-state index in [4.69, 9.17) is 0 Å². The maximum atomic E-state index is 3.94. The van der Waals surface area contributed by atoms with E-state index in [0.717, 1.165) is 23.4 Å². The van der Waals surface area contributed by atoms with Crippen LogP contribution in [0.15, 0.2) is 49.1 Å². The van der Waals surface area contributed by atoms with Gasteiger partial charge in [0.15, 0.2) is 0 Å². The summed E-state index contributed by atoms with van der Waals surface area (Å²) in [5.41, 5.74) is 3.18. The Bertz CT molecular complexity index is 298. The molecule has 0 bridgehead atoms. The summed E-state index contributed by atoms with van der Waals surface area (Å²) in [5.74, 6) is 0. The Balaban J connectivity index is 2.54. The quantitative estimate of drug-likeness (QED) is 0.690. The third-order valence-corrected chi connectivity index (χ3v) is 1.73. The van der Waals surface area contributed by atoms with E-state index in [1.165, 1.54) is 0 Å². The summed E-state index contributed by atoms with van der Waals surface area (Å²) >= 11 is 0. The Morgan fingerprint density at radius 2 is 1.85 bits per heavy atom. The van der Waals surface area contributed by atoms with Crippen LogP contribution in [0.25, 0.3) is 5.70 Å². The van der Waals surface area contributed by atoms with Crippen molar-refractivity contribution >= 4 is 5.70 Å². The molecule has 0 amide bonds. The van der Waals surface area contributed by atoms with Crippen LogP contribution >= 0.6 is 0 Å². The molecular formula is C12H15N. The van der Waals surface area contributed by atoms with Crippen molar-refractivity contribution in [2.24, 2.45) is 0 Å². The van der Waals surface area contributed by atoms with Crippen LogP contribution in [0, 0.1) is 0 Å². The zero-order chi connectivity index (χ0) is 9.68. The molecule has 0 aromatic heterocycles. The maximum Gasteiger partial charge on any atom is 0.0354 e. The number of benzene rings is 1. The van der Waals surface area contributed by atoms with Gasteiger partial charge < -0.3 is 5.32 Å². The minimum absolute atomic E-state index is 0.785. The van der Waals surface area contributed by atoms with Crippen molar-refractivity contribution in [3.63, 3.8) is 0 Å². The Morgan fingerprint density at radius 3 is 2.38 bits per heavy atom. The lowest BCUT2D eigenvalue weighted by molar-refractivity contribution is 0.962. The van der Waals surface area contributed by atoms with E-state index >= 15 is 0 Å². The largest absolute Gasteiger partial charge is 0.381 e. The lowest BCUT2D eigenvalue weighted by Gasteiger charge is -2.08. The van der Waals surface area contributed by atoms with Gasteiger partial charge in [-0.2, -0.15) is 0 Å². The predicted molar refractivity (Wildman–Crippen MR) is 58.3 cm³/mol. The molecule has 1 nitrogen and oxygen atoms in total. The number of hydrogen-bond donors (Lipinski definition) is 1. The molecule has 0 heterocycles. The Hall–Kier alpha value is -1.50. The predicted octanol–water partition coefficient (Wildman–Crippen LogP) is 2.82. The van der Waals surface area contributed by atoms with E-state index in [-0.39, 0.29) is 0 Å². The van der Waals surface area contributed by atoms with E-state index in [0.29, 0.717) is 0 Å². The third-order valence-electron chi connectivity index (χ3n) is 1.73. The zero-order valence-corrected chi connectivity index (χ0v) is 8.01. The Labute approximate surface area is 79.8 Å². The molecule has 68 valence electrons. The van der Waals surface area contributed by atoms with Crippen LogP contribution in [0.2, 0.25) is 0 Å². The van der Waals surface area contributed by atoms with Crippen molar-refractivity contribution in [1.29, 1.82) is 0 Å². The van der Waals surface area contributed by atoms with Crippen LogP contribution in [0.5, 0.6) is 0 Å². The lowest BCUT2D eigenvalue weighted by Crippen LogP contribution is -2.13. The van der Waals surface area contributed by atoms with Gasteiger partial charge in [-0.3, -0.25) is 0 Å². The van der Waals surface area contributed by atoms with Crippen LogP contribution in [0.4, 0.5) is 0 Å². The van der Waals surface area contributed by atoms with Gasteiger partial charge in [-0.05, 0) is 12.5 Å². The molecule has 1 N–H and O–H groups in total. The second-order valence-corrected chi connectivity index (χ2v) is 3.16. The topological polar surface area (TPSA) is 12.0 Å². The van der Waals surface area contributed by atoms with Crippen molar-refractivity contribution < 1.29 is 0 Å². The van der Waals surface area contributed by atoms with E-state index in [1.807, 2.05) is 37.3 Å². The van der Waals surface area contributed by atoms with Crippen LogP contribution in [0.1, 0.15) is 12.5 Å². The van der Waals surface area contributed by atoms with Crippen LogP contribution in [-0.4, -0.2) is 6.54 Å². The molecule has 0 unspecified atom stereocenters. The van der Waals surface area contributed by atoms with E-state index in [2.05, 4.69) is 18.5 Å². The fourth-order valence-electron chi connectivity index (χ4n) is 0.999. The second kappa shape index (κ2) is 4.51. The summed E-state index contributed by atoms with van der Waals surface area (Å²) in [6.07, 6.45) is 0. The van der Waals surface area contributed by atoms with Gasteiger partial charge in [0.05, 0.1) is 0 Å². The van der Waals surface area contributed by atoms with Crippen molar-refractivity contribution in [3.05, 3.63) is 54.6 Å². The molecule has 0 fully saturated rings. The normalized spacial score (nSPS) is 9.31. The van der Waals surface area contributed by atoms with Gasteiger partial charge in [0.1, 0.15) is 0 Å². The molecule has 0 aliphatic heterocycles. The minimum Gasteiger partial charge on any atom is -0.381 e. The van der Waals surface area contributed by atoms with Gasteiger partial charge in [0, 0.05) is 12.2 Å². The molecule has 0 spiro atoms. The first-order chi connectivity index (χ1) is 6.20. The molecule has 1 aromatic carbocycles. The minimum atomic E-state index is 0.785. The monoisotopic (exact) mass is 173 g/mol. The molecule has 0 atom stereocenters. The van der Waals surface area contributed by atoms with Crippen LogP contribution < -0.4 is 5.32 Å². The highest BCUT2D eigenvalue weighted by Gasteiger charge is 1.95. The molecular weight excluding hydrogens is 158 g/mol. The number of hydrogen-bond acceptors (Lipinski definition) is 1. The maximum absolute atomic E-state index is 3.94. The van der Waals surface area contributed by atoms with Gasteiger partial charge in [0.25, 0.3) is 0 Å². The summed E-state index contributed by atoms with van der Waals surface area (Å²) in [6.45, 7) is 10.5. The van der Waals surface area contributed by atoms with E-state index in [1.54, 1.807) is 0 Å². The van der Waals surface area contributed by atoms with Crippen molar-refractivity contribution in [2.45, 2.75) is 6.92 Å². The van der Waals surface area contributed by atoms with Gasteiger partial charge in [0.2, 0.25) is 0 Å². The van der Waals surface area contributed by atoms with Crippen molar-refractivity contribution in [2.75, 3.05) is 6.54 Å². The summed E-state index contributed by atoms with van der Waals surface area (Å²) < 4.78 is 0. The highest BCUT2D eigenvalue weighted by molar-refractivity contribution is 5.61. The summed E-state index contributed by atoms with van der Waals surface area (Å²) in [5, 5.41) is 3.20. The highest BCUT2D eigenvalue weighted by atomic mass is 14.9. The third kappa shape index (κ3) is 3.16. The first kappa shape index (κ1) is 9.59. The first-order valence-corrected chi connectivity index (χ1v) is 4.32.